The summed E-state index contributed by atoms with van der Waals surface area (Å²) >= 11 is 0. The second kappa shape index (κ2) is 5.46. The predicted molar refractivity (Wildman–Crippen MR) is 66.2 cm³/mol. The standard InChI is InChI=1S/C14H21NO/c1-11(2)10-16-15-14-8-7-12-5-3-4-6-13(12)9-14/h3-6,11,14-15H,7-10H2,1-2H3. The fourth-order valence-corrected chi connectivity index (χ4v) is 2.13. The summed E-state index contributed by atoms with van der Waals surface area (Å²) in [6, 6.07) is 9.19. The Morgan fingerprint density at radius 3 is 2.81 bits per heavy atom. The Morgan fingerprint density at radius 1 is 1.31 bits per heavy atom. The van der Waals surface area contributed by atoms with E-state index in [0.29, 0.717) is 12.0 Å². The van der Waals surface area contributed by atoms with Gasteiger partial charge in [0.05, 0.1) is 6.61 Å². The number of rotatable bonds is 4. The molecule has 16 heavy (non-hydrogen) atoms. The maximum Gasteiger partial charge on any atom is 0.0705 e. The molecule has 2 rings (SSSR count). The predicted octanol–water partition coefficient (Wildman–Crippen LogP) is 2.72. The number of benzene rings is 1. The first-order valence-corrected chi connectivity index (χ1v) is 6.20. The molecular formula is C14H21NO. The summed E-state index contributed by atoms with van der Waals surface area (Å²) in [7, 11) is 0. The number of hydrogen-bond acceptors (Lipinski definition) is 2. The van der Waals surface area contributed by atoms with Gasteiger partial charge in [-0.05, 0) is 36.3 Å². The Kier molecular flexibility index (Phi) is 3.97. The smallest absolute Gasteiger partial charge is 0.0705 e. The average Bonchev–Trinajstić information content (AvgIpc) is 2.28. The van der Waals surface area contributed by atoms with Crippen LogP contribution in [0.25, 0.3) is 0 Å². The molecule has 0 aliphatic heterocycles. The lowest BCUT2D eigenvalue weighted by molar-refractivity contribution is -0.00190. The topological polar surface area (TPSA) is 21.3 Å². The summed E-state index contributed by atoms with van der Waals surface area (Å²) < 4.78 is 0. The Bertz CT molecular complexity index is 335. The van der Waals surface area contributed by atoms with Gasteiger partial charge in [-0.3, -0.25) is 0 Å². The highest BCUT2D eigenvalue weighted by Gasteiger charge is 2.17. The first-order valence-electron chi connectivity index (χ1n) is 6.20. The molecule has 1 N–H and O–H groups in total. The van der Waals surface area contributed by atoms with E-state index in [9.17, 15) is 0 Å². The summed E-state index contributed by atoms with van der Waals surface area (Å²) in [5.74, 6) is 0.586. The van der Waals surface area contributed by atoms with E-state index in [-0.39, 0.29) is 0 Å². The SMILES string of the molecule is CC(C)CONC1CCc2ccccc2C1. The van der Waals surface area contributed by atoms with Crippen LogP contribution in [0.1, 0.15) is 31.4 Å². The van der Waals surface area contributed by atoms with Crippen LogP contribution in [0.3, 0.4) is 0 Å². The number of hydrogen-bond donors (Lipinski definition) is 1. The Hall–Kier alpha value is -0.860. The van der Waals surface area contributed by atoms with E-state index in [4.69, 9.17) is 4.84 Å². The van der Waals surface area contributed by atoms with Gasteiger partial charge in [-0.15, -0.1) is 0 Å². The van der Waals surface area contributed by atoms with Crippen LogP contribution < -0.4 is 5.48 Å². The van der Waals surface area contributed by atoms with E-state index in [1.807, 2.05) is 0 Å². The summed E-state index contributed by atoms with van der Waals surface area (Å²) in [5, 5.41) is 0. The van der Waals surface area contributed by atoms with Crippen LogP contribution in [0.5, 0.6) is 0 Å². The summed E-state index contributed by atoms with van der Waals surface area (Å²) in [6.45, 7) is 5.12. The number of hydroxylamine groups is 1. The minimum Gasteiger partial charge on any atom is -0.301 e. The van der Waals surface area contributed by atoms with Gasteiger partial charge in [0.15, 0.2) is 0 Å². The quantitative estimate of drug-likeness (QED) is 0.786. The van der Waals surface area contributed by atoms with Gasteiger partial charge in [-0.1, -0.05) is 38.1 Å². The molecule has 0 heterocycles. The third-order valence-electron chi connectivity index (χ3n) is 3.01. The number of fused-ring (bicyclic) bond motifs is 1. The van der Waals surface area contributed by atoms with Crippen molar-refractivity contribution in [1.82, 2.24) is 5.48 Å². The van der Waals surface area contributed by atoms with Crippen LogP contribution in [0.4, 0.5) is 0 Å². The van der Waals surface area contributed by atoms with Gasteiger partial charge in [0.2, 0.25) is 0 Å². The third-order valence-corrected chi connectivity index (χ3v) is 3.01. The van der Waals surface area contributed by atoms with Crippen LogP contribution in [-0.4, -0.2) is 12.6 Å². The molecular weight excluding hydrogens is 198 g/mol. The van der Waals surface area contributed by atoms with Gasteiger partial charge in [0, 0.05) is 6.04 Å². The number of aryl methyl sites for hydroxylation is 1. The van der Waals surface area contributed by atoms with E-state index in [1.165, 1.54) is 24.0 Å². The Labute approximate surface area is 98.0 Å². The Morgan fingerprint density at radius 2 is 2.06 bits per heavy atom. The fourth-order valence-electron chi connectivity index (χ4n) is 2.13. The normalized spacial score (nSPS) is 19.8. The van der Waals surface area contributed by atoms with Gasteiger partial charge < -0.3 is 4.84 Å². The highest BCUT2D eigenvalue weighted by molar-refractivity contribution is 5.30. The van der Waals surface area contributed by atoms with E-state index in [1.54, 1.807) is 0 Å². The lowest BCUT2D eigenvalue weighted by Gasteiger charge is -2.25. The summed E-state index contributed by atoms with van der Waals surface area (Å²) in [5.41, 5.74) is 6.17. The monoisotopic (exact) mass is 219 g/mol. The third kappa shape index (κ3) is 3.06. The highest BCUT2D eigenvalue weighted by atomic mass is 16.6. The molecule has 88 valence electrons. The Balaban J connectivity index is 1.83. The van der Waals surface area contributed by atoms with Crippen LogP contribution >= 0.6 is 0 Å². The first-order chi connectivity index (χ1) is 7.75. The van der Waals surface area contributed by atoms with Crippen molar-refractivity contribution in [3.63, 3.8) is 0 Å². The van der Waals surface area contributed by atoms with E-state index >= 15 is 0 Å². The molecule has 0 amide bonds. The van der Waals surface area contributed by atoms with Gasteiger partial charge in [-0.2, -0.15) is 5.48 Å². The van der Waals surface area contributed by atoms with Crippen LogP contribution in [0, 0.1) is 5.92 Å². The fraction of sp³-hybridized carbons (Fsp3) is 0.571. The minimum absolute atomic E-state index is 0.480. The molecule has 0 fully saturated rings. The molecule has 0 spiro atoms. The molecule has 2 nitrogen and oxygen atoms in total. The first kappa shape index (κ1) is 11.6. The van der Waals surface area contributed by atoms with Gasteiger partial charge in [-0.25, -0.2) is 0 Å². The summed E-state index contributed by atoms with van der Waals surface area (Å²) in [4.78, 5) is 5.50. The largest absolute Gasteiger partial charge is 0.301 e. The van der Waals surface area contributed by atoms with Crippen molar-refractivity contribution in [2.24, 2.45) is 5.92 Å². The van der Waals surface area contributed by atoms with Crippen LogP contribution in [0.2, 0.25) is 0 Å². The summed E-state index contributed by atoms with van der Waals surface area (Å²) in [6.07, 6.45) is 3.43. The van der Waals surface area contributed by atoms with E-state index in [0.717, 1.165) is 13.0 Å². The van der Waals surface area contributed by atoms with E-state index in [2.05, 4.69) is 43.6 Å². The van der Waals surface area contributed by atoms with Gasteiger partial charge in [0.1, 0.15) is 0 Å². The van der Waals surface area contributed by atoms with Gasteiger partial charge in [0.25, 0.3) is 0 Å². The molecule has 0 saturated carbocycles. The molecule has 0 bridgehead atoms. The lowest BCUT2D eigenvalue weighted by atomic mass is 9.89. The van der Waals surface area contributed by atoms with Crippen molar-refractivity contribution >= 4 is 0 Å². The number of nitrogens with one attached hydrogen (secondary N) is 1. The lowest BCUT2D eigenvalue weighted by Crippen LogP contribution is -2.35. The molecule has 2 heteroatoms. The average molecular weight is 219 g/mol. The maximum atomic E-state index is 5.50. The highest BCUT2D eigenvalue weighted by Crippen LogP contribution is 2.20. The van der Waals surface area contributed by atoms with Crippen LogP contribution in [-0.2, 0) is 17.7 Å². The molecule has 1 atom stereocenters. The van der Waals surface area contributed by atoms with Gasteiger partial charge >= 0.3 is 0 Å². The maximum absolute atomic E-state index is 5.50. The van der Waals surface area contributed by atoms with Crippen molar-refractivity contribution in [3.05, 3.63) is 35.4 Å². The van der Waals surface area contributed by atoms with Crippen molar-refractivity contribution in [2.45, 2.75) is 39.2 Å². The molecule has 0 radical (unpaired) electrons. The van der Waals surface area contributed by atoms with Crippen LogP contribution in [0.15, 0.2) is 24.3 Å². The van der Waals surface area contributed by atoms with Crippen molar-refractivity contribution in [2.75, 3.05) is 6.61 Å². The second-order valence-electron chi connectivity index (χ2n) is 5.03. The van der Waals surface area contributed by atoms with Crippen molar-refractivity contribution < 1.29 is 4.84 Å². The molecule has 0 aromatic heterocycles. The zero-order chi connectivity index (χ0) is 11.4. The molecule has 1 aromatic carbocycles. The minimum atomic E-state index is 0.480. The molecule has 1 aliphatic rings. The second-order valence-corrected chi connectivity index (χ2v) is 5.03. The zero-order valence-corrected chi connectivity index (χ0v) is 10.2. The molecule has 1 unspecified atom stereocenters. The van der Waals surface area contributed by atoms with Crippen molar-refractivity contribution in [1.29, 1.82) is 0 Å². The van der Waals surface area contributed by atoms with Crippen molar-refractivity contribution in [3.8, 4) is 0 Å². The molecule has 1 aromatic rings. The molecule has 1 aliphatic carbocycles. The van der Waals surface area contributed by atoms with E-state index < -0.39 is 0 Å². The molecule has 0 saturated heterocycles. The zero-order valence-electron chi connectivity index (χ0n) is 10.2.